The monoisotopic (exact) mass is 290 g/mol. The van der Waals surface area contributed by atoms with Gasteiger partial charge in [0, 0.05) is 6.07 Å². The van der Waals surface area contributed by atoms with E-state index in [0.717, 1.165) is 0 Å². The Morgan fingerprint density at radius 1 is 1.43 bits per heavy atom. The van der Waals surface area contributed by atoms with Crippen molar-refractivity contribution in [1.29, 1.82) is 0 Å². The SMILES string of the molecule is Cc1c(-n2nnc(C(=O)O)c2C(C)C)cccc1[N+](=O)[O-]. The van der Waals surface area contributed by atoms with Crippen LogP contribution in [0.3, 0.4) is 0 Å². The molecule has 1 N–H and O–H groups in total. The van der Waals surface area contributed by atoms with Crippen LogP contribution in [0.25, 0.3) is 5.69 Å². The second-order valence-corrected chi connectivity index (χ2v) is 4.87. The fraction of sp³-hybridized carbons (Fsp3) is 0.308. The van der Waals surface area contributed by atoms with Gasteiger partial charge in [0.25, 0.3) is 5.69 Å². The van der Waals surface area contributed by atoms with Crippen LogP contribution in [0.5, 0.6) is 0 Å². The number of hydrogen-bond donors (Lipinski definition) is 1. The van der Waals surface area contributed by atoms with E-state index in [2.05, 4.69) is 10.3 Å². The summed E-state index contributed by atoms with van der Waals surface area (Å²) in [6.07, 6.45) is 0. The standard InChI is InChI=1S/C13H14N4O4/c1-7(2)12-11(13(18)19)14-15-16(12)9-5-4-6-10(8(9)3)17(20)21/h4-7H,1-3H3,(H,18,19). The van der Waals surface area contributed by atoms with Crippen molar-refractivity contribution in [2.24, 2.45) is 0 Å². The summed E-state index contributed by atoms with van der Waals surface area (Å²) in [5.41, 5.74) is 1.08. The molecule has 0 fully saturated rings. The number of nitro benzene ring substituents is 1. The first-order chi connectivity index (χ1) is 9.84. The highest BCUT2D eigenvalue weighted by atomic mass is 16.6. The van der Waals surface area contributed by atoms with Crippen LogP contribution in [0.1, 0.15) is 41.5 Å². The zero-order chi connectivity index (χ0) is 15.7. The van der Waals surface area contributed by atoms with E-state index in [9.17, 15) is 14.9 Å². The van der Waals surface area contributed by atoms with Gasteiger partial charge in [0.2, 0.25) is 0 Å². The number of carboxylic acids is 1. The normalized spacial score (nSPS) is 10.9. The van der Waals surface area contributed by atoms with E-state index in [0.29, 0.717) is 16.9 Å². The molecule has 0 aliphatic carbocycles. The Kier molecular flexibility index (Phi) is 3.70. The molecule has 0 bridgehead atoms. The number of nitrogens with zero attached hydrogens (tertiary/aromatic N) is 4. The molecule has 2 rings (SSSR count). The van der Waals surface area contributed by atoms with Crippen molar-refractivity contribution in [2.45, 2.75) is 26.7 Å². The molecule has 0 saturated heterocycles. The van der Waals surface area contributed by atoms with Crippen molar-refractivity contribution in [1.82, 2.24) is 15.0 Å². The van der Waals surface area contributed by atoms with Crippen LogP contribution in [0, 0.1) is 17.0 Å². The zero-order valence-electron chi connectivity index (χ0n) is 11.8. The number of aromatic carboxylic acids is 1. The fourth-order valence-electron chi connectivity index (χ4n) is 2.18. The maximum Gasteiger partial charge on any atom is 0.358 e. The molecule has 21 heavy (non-hydrogen) atoms. The van der Waals surface area contributed by atoms with Crippen molar-refractivity contribution in [3.05, 3.63) is 45.3 Å². The Morgan fingerprint density at radius 2 is 2.10 bits per heavy atom. The first kappa shape index (κ1) is 14.6. The molecule has 0 spiro atoms. The summed E-state index contributed by atoms with van der Waals surface area (Å²) in [5.74, 6) is -1.32. The fourth-order valence-corrected chi connectivity index (χ4v) is 2.18. The molecule has 1 aromatic heterocycles. The first-order valence-electron chi connectivity index (χ1n) is 6.27. The topological polar surface area (TPSA) is 111 Å². The van der Waals surface area contributed by atoms with Gasteiger partial charge in [-0.05, 0) is 18.9 Å². The van der Waals surface area contributed by atoms with Gasteiger partial charge in [0.05, 0.1) is 21.9 Å². The summed E-state index contributed by atoms with van der Waals surface area (Å²) in [6.45, 7) is 5.22. The van der Waals surface area contributed by atoms with Gasteiger partial charge in [-0.15, -0.1) is 5.10 Å². The van der Waals surface area contributed by atoms with Gasteiger partial charge in [-0.3, -0.25) is 10.1 Å². The molecular formula is C13H14N4O4. The van der Waals surface area contributed by atoms with Gasteiger partial charge >= 0.3 is 5.97 Å². The molecule has 0 saturated carbocycles. The lowest BCUT2D eigenvalue weighted by Crippen LogP contribution is -2.10. The molecule has 0 radical (unpaired) electrons. The highest BCUT2D eigenvalue weighted by Crippen LogP contribution is 2.27. The molecule has 0 atom stereocenters. The molecule has 0 unspecified atom stereocenters. The molecule has 0 amide bonds. The minimum Gasteiger partial charge on any atom is -0.476 e. The number of rotatable bonds is 4. The third-order valence-corrected chi connectivity index (χ3v) is 3.16. The summed E-state index contributed by atoms with van der Waals surface area (Å²) >= 11 is 0. The lowest BCUT2D eigenvalue weighted by molar-refractivity contribution is -0.385. The van der Waals surface area contributed by atoms with Crippen molar-refractivity contribution in [3.63, 3.8) is 0 Å². The maximum atomic E-state index is 11.2. The maximum absolute atomic E-state index is 11.2. The van der Waals surface area contributed by atoms with Gasteiger partial charge in [-0.2, -0.15) is 0 Å². The van der Waals surface area contributed by atoms with Crippen molar-refractivity contribution in [2.75, 3.05) is 0 Å². The second-order valence-electron chi connectivity index (χ2n) is 4.87. The molecule has 2 aromatic rings. The molecule has 0 aliphatic heterocycles. The average Bonchev–Trinajstić information content (AvgIpc) is 2.83. The van der Waals surface area contributed by atoms with Crippen LogP contribution in [-0.4, -0.2) is 31.0 Å². The Balaban J connectivity index is 2.71. The number of carboxylic acid groups (broad SMARTS) is 1. The number of aromatic nitrogens is 3. The molecule has 110 valence electrons. The highest BCUT2D eigenvalue weighted by Gasteiger charge is 2.24. The predicted molar refractivity (Wildman–Crippen MR) is 73.8 cm³/mol. The van der Waals surface area contributed by atoms with Gasteiger partial charge < -0.3 is 5.11 Å². The lowest BCUT2D eigenvalue weighted by atomic mass is 10.1. The minimum atomic E-state index is -1.17. The number of hydrogen-bond acceptors (Lipinski definition) is 5. The smallest absolute Gasteiger partial charge is 0.358 e. The van der Waals surface area contributed by atoms with E-state index in [-0.39, 0.29) is 17.3 Å². The van der Waals surface area contributed by atoms with E-state index in [1.165, 1.54) is 16.8 Å². The van der Waals surface area contributed by atoms with Crippen LogP contribution in [-0.2, 0) is 0 Å². The summed E-state index contributed by atoms with van der Waals surface area (Å²) in [4.78, 5) is 21.7. The summed E-state index contributed by atoms with van der Waals surface area (Å²) in [6, 6.07) is 4.57. The number of nitro groups is 1. The molecular weight excluding hydrogens is 276 g/mol. The van der Waals surface area contributed by atoms with E-state index < -0.39 is 10.9 Å². The largest absolute Gasteiger partial charge is 0.476 e. The van der Waals surface area contributed by atoms with Crippen LogP contribution in [0.2, 0.25) is 0 Å². The van der Waals surface area contributed by atoms with Gasteiger partial charge in [0.15, 0.2) is 5.69 Å². The van der Waals surface area contributed by atoms with Gasteiger partial charge in [-0.25, -0.2) is 9.48 Å². The number of carbonyl (C=O) groups is 1. The van der Waals surface area contributed by atoms with Gasteiger partial charge in [0.1, 0.15) is 0 Å². The molecule has 1 heterocycles. The molecule has 0 aliphatic rings. The second kappa shape index (κ2) is 5.31. The molecule has 1 aromatic carbocycles. The van der Waals surface area contributed by atoms with Crippen LogP contribution in [0.4, 0.5) is 5.69 Å². The summed E-state index contributed by atoms with van der Waals surface area (Å²) in [7, 11) is 0. The van der Waals surface area contributed by atoms with Crippen molar-refractivity contribution < 1.29 is 14.8 Å². The van der Waals surface area contributed by atoms with E-state index >= 15 is 0 Å². The van der Waals surface area contributed by atoms with E-state index in [4.69, 9.17) is 5.11 Å². The average molecular weight is 290 g/mol. The Hall–Kier alpha value is -2.77. The third kappa shape index (κ3) is 2.47. The van der Waals surface area contributed by atoms with Crippen LogP contribution < -0.4 is 0 Å². The summed E-state index contributed by atoms with van der Waals surface area (Å²) in [5, 5.41) is 27.7. The van der Waals surface area contributed by atoms with Crippen LogP contribution >= 0.6 is 0 Å². The lowest BCUT2D eigenvalue weighted by Gasteiger charge is -2.12. The summed E-state index contributed by atoms with van der Waals surface area (Å²) < 4.78 is 1.36. The predicted octanol–water partition coefficient (Wildman–Crippen LogP) is 2.31. The Morgan fingerprint density at radius 3 is 2.62 bits per heavy atom. The third-order valence-electron chi connectivity index (χ3n) is 3.16. The van der Waals surface area contributed by atoms with E-state index in [1.54, 1.807) is 13.0 Å². The Labute approximate surface area is 120 Å². The molecule has 8 nitrogen and oxygen atoms in total. The molecule has 8 heteroatoms. The minimum absolute atomic E-state index is 0.0467. The first-order valence-corrected chi connectivity index (χ1v) is 6.27. The number of benzene rings is 1. The van der Waals surface area contributed by atoms with Gasteiger partial charge in [-0.1, -0.05) is 25.1 Å². The van der Waals surface area contributed by atoms with Crippen molar-refractivity contribution >= 4 is 11.7 Å². The van der Waals surface area contributed by atoms with E-state index in [1.807, 2.05) is 13.8 Å². The quantitative estimate of drug-likeness (QED) is 0.683. The van der Waals surface area contributed by atoms with Crippen molar-refractivity contribution in [3.8, 4) is 5.69 Å². The highest BCUT2D eigenvalue weighted by molar-refractivity contribution is 5.86. The Bertz CT molecular complexity index is 721. The van der Waals surface area contributed by atoms with Crippen LogP contribution in [0.15, 0.2) is 18.2 Å². The zero-order valence-corrected chi connectivity index (χ0v) is 11.8.